The number of aryl methyl sites for hydroxylation is 2. The van der Waals surface area contributed by atoms with E-state index in [2.05, 4.69) is 38.8 Å². The molecule has 0 amide bonds. The van der Waals surface area contributed by atoms with E-state index >= 15 is 0 Å². The Kier molecular flexibility index (Phi) is 10.9. The molecule has 0 radical (unpaired) electrons. The Hall–Kier alpha value is -3.75. The summed E-state index contributed by atoms with van der Waals surface area (Å²) >= 11 is 0. The Balaban J connectivity index is 1.06. The summed E-state index contributed by atoms with van der Waals surface area (Å²) in [5.74, 6) is -1.61. The maximum Gasteiger partial charge on any atom is 0.481 e. The molecular formula is C27H37N10O15P2+. The van der Waals surface area contributed by atoms with Crippen molar-refractivity contribution >= 4 is 55.7 Å². The van der Waals surface area contributed by atoms with E-state index in [1.54, 1.807) is 26.0 Å². The van der Waals surface area contributed by atoms with E-state index in [1.165, 1.54) is 9.47 Å². The number of aliphatic imine (C=N–C) groups is 3. The number of nitrogens with one attached hydrogen (secondary N) is 2. The summed E-state index contributed by atoms with van der Waals surface area (Å²) in [6.45, 7) is 0.677. The minimum Gasteiger partial charge on any atom is -0.388 e. The van der Waals surface area contributed by atoms with Gasteiger partial charge in [0.2, 0.25) is 11.3 Å². The highest BCUT2D eigenvalue weighted by Gasteiger charge is 2.51. The van der Waals surface area contributed by atoms with Gasteiger partial charge < -0.3 is 45.0 Å². The van der Waals surface area contributed by atoms with Crippen LogP contribution in [0, 0.1) is 13.8 Å². The Morgan fingerprint density at radius 1 is 1.06 bits per heavy atom. The van der Waals surface area contributed by atoms with Gasteiger partial charge in [0.05, 0.1) is 13.2 Å². The van der Waals surface area contributed by atoms with Crippen LogP contribution in [0.5, 0.6) is 0 Å². The molecule has 1 saturated heterocycles. The van der Waals surface area contributed by atoms with Crippen molar-refractivity contribution in [2.24, 2.45) is 26.4 Å². The lowest BCUT2D eigenvalue weighted by molar-refractivity contribution is -0.657. The molecule has 2 aromatic heterocycles. The lowest BCUT2D eigenvalue weighted by Crippen LogP contribution is -2.60. The highest BCUT2D eigenvalue weighted by Crippen LogP contribution is 2.60. The number of aromatic amines is 2. The van der Waals surface area contributed by atoms with E-state index in [9.17, 15) is 54.0 Å². The smallest absolute Gasteiger partial charge is 0.388 e. The molecule has 3 aliphatic rings. The number of phosphoric acid groups is 2. The third-order valence-electron chi connectivity index (χ3n) is 8.80. The Morgan fingerprint density at radius 3 is 2.46 bits per heavy atom. The van der Waals surface area contributed by atoms with Gasteiger partial charge in [0, 0.05) is 0 Å². The number of aliphatic hydroxyl groups excluding tert-OH is 5. The van der Waals surface area contributed by atoms with Gasteiger partial charge in [-0.2, -0.15) is 9.29 Å². The standard InChI is InChI=1S/C27H36N10O15P2/c1-10-3-12-13(4-11(10)2)36(22-17(33-12)24(43)35-26(44)34-22)5-14(38)18(40)15(39)6-49-53(45,46)52-54(47,48)50-7-16-19(41)20(42)25(51-16)37-9-31-21-23(37)30-8-32-27(21,28)29/h3-4,8,14-16,18-20,25,38-42H,5-7,9,28-29H2,1-2H3,(H3,35,43,44,45,46,47,48)/p+1/t14-,15+,16+,18-,19+,20+,25+/m0/s1. The van der Waals surface area contributed by atoms with E-state index in [4.69, 9.17) is 20.7 Å². The summed E-state index contributed by atoms with van der Waals surface area (Å²) in [5.41, 5.74) is 12.0. The zero-order valence-corrected chi connectivity index (χ0v) is 30.0. The van der Waals surface area contributed by atoms with Crippen LogP contribution in [0.1, 0.15) is 11.1 Å². The number of nitrogens with zero attached hydrogens (tertiary/aromatic N) is 6. The van der Waals surface area contributed by atoms with E-state index in [1.807, 2.05) is 0 Å². The molecule has 13 N–H and O–H groups in total. The monoisotopic (exact) mass is 803 g/mol. The first-order valence-electron chi connectivity index (χ1n) is 15.9. The molecule has 6 rings (SSSR count). The number of fused-ring (bicyclic) bond motifs is 3. The number of hydrogen-bond acceptors (Lipinski definition) is 20. The van der Waals surface area contributed by atoms with Crippen molar-refractivity contribution in [2.75, 3.05) is 19.9 Å². The average molecular weight is 804 g/mol. The number of phosphoric ester groups is 2. The highest BCUT2D eigenvalue weighted by atomic mass is 31.3. The number of aromatic nitrogens is 4. The Bertz CT molecular complexity index is 2280. The molecular weight excluding hydrogens is 766 g/mol. The number of hydrogen-bond donors (Lipinski definition) is 11. The zero-order valence-electron chi connectivity index (χ0n) is 28.2. The Labute approximate surface area is 302 Å². The van der Waals surface area contributed by atoms with Crippen LogP contribution in [0.4, 0.5) is 0 Å². The van der Waals surface area contributed by atoms with E-state index in [0.29, 0.717) is 11.0 Å². The molecule has 0 bridgehead atoms. The second-order valence-corrected chi connectivity index (χ2v) is 15.7. The first kappa shape index (κ1) is 39.9. The summed E-state index contributed by atoms with van der Waals surface area (Å²) < 4.78 is 45.5. The molecule has 27 heteroatoms. The molecule has 2 unspecified atom stereocenters. The van der Waals surface area contributed by atoms with E-state index < -0.39 is 95.3 Å². The van der Waals surface area contributed by atoms with Crippen LogP contribution in [-0.4, -0.2) is 142 Å². The van der Waals surface area contributed by atoms with Crippen molar-refractivity contribution in [2.45, 2.75) is 69.0 Å². The summed E-state index contributed by atoms with van der Waals surface area (Å²) in [4.78, 5) is 66.9. The molecule has 3 aliphatic heterocycles. The molecule has 9 atom stereocenters. The van der Waals surface area contributed by atoms with Gasteiger partial charge in [0.1, 0.15) is 67.4 Å². The fraction of sp³-hybridized carbons (Fsp3) is 0.519. The van der Waals surface area contributed by atoms with Crippen molar-refractivity contribution in [3.05, 3.63) is 44.1 Å². The SMILES string of the molecule is Cc1cc2nc3c(=O)[nH]c(=O)[nH]c3[n+](C[C@H](O)[C@H](O)[C@H](O)COP(=O)(O)OP(=O)(O)OC[C@H]3O[C@@H](N4CN=C5C4=NC=NC5(N)N)[C@H](O)[C@@H]3O)c2cc1C. The highest BCUT2D eigenvalue weighted by molar-refractivity contribution is 7.61. The normalized spacial score (nSPS) is 26.2. The van der Waals surface area contributed by atoms with Crippen LogP contribution >= 0.6 is 15.6 Å². The number of rotatable bonds is 13. The third kappa shape index (κ3) is 7.97. The largest absolute Gasteiger partial charge is 0.481 e. The first-order valence-corrected chi connectivity index (χ1v) is 18.9. The second-order valence-electron chi connectivity index (χ2n) is 12.7. The summed E-state index contributed by atoms with van der Waals surface area (Å²) in [6.07, 6.45) is -11.2. The fourth-order valence-electron chi connectivity index (χ4n) is 5.88. The van der Waals surface area contributed by atoms with Gasteiger partial charge in [0.15, 0.2) is 17.6 Å². The van der Waals surface area contributed by atoms with Crippen molar-refractivity contribution in [3.63, 3.8) is 0 Å². The van der Waals surface area contributed by atoms with Gasteiger partial charge in [-0.15, -0.1) is 0 Å². The van der Waals surface area contributed by atoms with Gasteiger partial charge >= 0.3 is 27.0 Å². The third-order valence-corrected chi connectivity index (χ3v) is 11.4. The topological polar surface area (TPSA) is 388 Å². The quantitative estimate of drug-likeness (QED) is 0.0334. The number of H-pyrrole nitrogens is 2. The molecule has 54 heavy (non-hydrogen) atoms. The first-order chi connectivity index (χ1) is 25.2. The maximum atomic E-state index is 12.6. The van der Waals surface area contributed by atoms with Crippen LogP contribution in [0.25, 0.3) is 22.2 Å². The van der Waals surface area contributed by atoms with Crippen LogP contribution in [0.2, 0.25) is 0 Å². The summed E-state index contributed by atoms with van der Waals surface area (Å²) in [7, 11) is -11.0. The summed E-state index contributed by atoms with van der Waals surface area (Å²) in [5, 5.41) is 53.2. The molecule has 1 aromatic carbocycles. The maximum absolute atomic E-state index is 12.6. The fourth-order valence-corrected chi connectivity index (χ4v) is 7.98. The lowest BCUT2D eigenvalue weighted by Gasteiger charge is -2.30. The number of aliphatic hydroxyl groups is 5. The van der Waals surface area contributed by atoms with Crippen molar-refractivity contribution in [1.29, 1.82) is 0 Å². The molecule has 294 valence electrons. The number of ether oxygens (including phenoxy) is 1. The van der Waals surface area contributed by atoms with Gasteiger partial charge in [-0.1, -0.05) is 0 Å². The molecule has 1 fully saturated rings. The van der Waals surface area contributed by atoms with E-state index in [-0.39, 0.29) is 29.4 Å². The predicted octanol–water partition coefficient (Wildman–Crippen LogP) is -4.83. The summed E-state index contributed by atoms with van der Waals surface area (Å²) in [6, 6.07) is 3.33. The molecule has 0 spiro atoms. The van der Waals surface area contributed by atoms with Crippen LogP contribution < -0.4 is 27.3 Å². The van der Waals surface area contributed by atoms with Crippen LogP contribution in [-0.2, 0) is 33.8 Å². The molecule has 25 nitrogen and oxygen atoms in total. The van der Waals surface area contributed by atoms with Crippen LogP contribution in [0.15, 0.2) is 36.7 Å². The van der Waals surface area contributed by atoms with Gasteiger partial charge in [-0.3, -0.25) is 35.3 Å². The van der Waals surface area contributed by atoms with Crippen molar-refractivity contribution in [1.82, 2.24) is 19.9 Å². The minimum absolute atomic E-state index is 0.0736. The van der Waals surface area contributed by atoms with Crippen molar-refractivity contribution in [3.8, 4) is 0 Å². The number of amidine groups is 1. The van der Waals surface area contributed by atoms with Gasteiger partial charge in [-0.25, -0.2) is 33.5 Å². The molecule has 3 aromatic rings. The Morgan fingerprint density at radius 2 is 1.74 bits per heavy atom. The lowest BCUT2D eigenvalue weighted by atomic mass is 10.1. The number of benzene rings is 1. The van der Waals surface area contributed by atoms with E-state index in [0.717, 1.165) is 17.5 Å². The molecule has 0 aliphatic carbocycles. The minimum atomic E-state index is -5.55. The second kappa shape index (κ2) is 14.7. The molecule has 5 heterocycles. The molecule has 0 saturated carbocycles. The average Bonchev–Trinajstić information content (AvgIpc) is 3.64. The van der Waals surface area contributed by atoms with Gasteiger partial charge in [0.25, 0.3) is 5.56 Å². The predicted molar refractivity (Wildman–Crippen MR) is 183 cm³/mol. The van der Waals surface area contributed by atoms with Crippen LogP contribution in [0.3, 0.4) is 0 Å². The zero-order chi connectivity index (χ0) is 39.5. The van der Waals surface area contributed by atoms with Crippen molar-refractivity contribution < 1.29 is 67.1 Å². The number of nitrogens with two attached hydrogens (primary N) is 2. The van der Waals surface area contributed by atoms with Gasteiger partial charge in [-0.05, 0) is 37.1 Å².